The van der Waals surface area contributed by atoms with Crippen LogP contribution in [0.5, 0.6) is 0 Å². The second-order valence-corrected chi connectivity index (χ2v) is 5.05. The van der Waals surface area contributed by atoms with E-state index in [-0.39, 0.29) is 23.8 Å². The lowest BCUT2D eigenvalue weighted by molar-refractivity contribution is -0.135. The fraction of sp³-hybridized carbons (Fsp3) is 0.846. The van der Waals surface area contributed by atoms with Crippen LogP contribution in [0.1, 0.15) is 39.5 Å². The molecule has 1 fully saturated rings. The number of ether oxygens (including phenoxy) is 1. The zero-order valence-electron chi connectivity index (χ0n) is 11.8. The number of oxime groups is 1. The highest BCUT2D eigenvalue weighted by Crippen LogP contribution is 2.17. The third-order valence-electron chi connectivity index (χ3n) is 3.53. The van der Waals surface area contributed by atoms with E-state index in [2.05, 4.69) is 5.16 Å². The molecule has 3 N–H and O–H groups in total. The van der Waals surface area contributed by atoms with Crippen LogP contribution in [0.25, 0.3) is 0 Å². The van der Waals surface area contributed by atoms with Gasteiger partial charge in [0.15, 0.2) is 0 Å². The molecule has 1 aliphatic rings. The Morgan fingerprint density at radius 1 is 1.58 bits per heavy atom. The first-order valence-electron chi connectivity index (χ1n) is 6.95. The van der Waals surface area contributed by atoms with E-state index >= 15 is 0 Å². The Balaban J connectivity index is 2.46. The van der Waals surface area contributed by atoms with Gasteiger partial charge in [-0.1, -0.05) is 12.1 Å². The highest BCUT2D eigenvalue weighted by atomic mass is 16.5. The number of hydrogen-bond donors (Lipinski definition) is 2. The highest BCUT2D eigenvalue weighted by molar-refractivity contribution is 5.83. The van der Waals surface area contributed by atoms with Gasteiger partial charge in [-0.15, -0.1) is 0 Å². The Hall–Kier alpha value is -1.30. The van der Waals surface area contributed by atoms with Crippen molar-refractivity contribution in [3.63, 3.8) is 0 Å². The molecule has 6 nitrogen and oxygen atoms in total. The summed E-state index contributed by atoms with van der Waals surface area (Å²) in [7, 11) is 0. The molecular weight excluding hydrogens is 246 g/mol. The van der Waals surface area contributed by atoms with Gasteiger partial charge in [-0.25, -0.2) is 0 Å². The van der Waals surface area contributed by atoms with Crippen molar-refractivity contribution in [3.05, 3.63) is 0 Å². The van der Waals surface area contributed by atoms with Crippen LogP contribution in [-0.4, -0.2) is 47.7 Å². The van der Waals surface area contributed by atoms with Crippen molar-refractivity contribution in [2.45, 2.75) is 45.6 Å². The van der Waals surface area contributed by atoms with Gasteiger partial charge >= 0.3 is 0 Å². The molecule has 0 saturated carbocycles. The van der Waals surface area contributed by atoms with Gasteiger partial charge in [0, 0.05) is 25.6 Å². The van der Waals surface area contributed by atoms with Gasteiger partial charge in [-0.3, -0.25) is 4.79 Å². The van der Waals surface area contributed by atoms with E-state index in [9.17, 15) is 4.79 Å². The molecule has 0 radical (unpaired) electrons. The number of hydrogen-bond acceptors (Lipinski definition) is 4. The number of carbonyl (C=O) groups excluding carboxylic acids is 1. The number of amidine groups is 1. The molecule has 1 saturated heterocycles. The molecule has 1 amide bonds. The van der Waals surface area contributed by atoms with Crippen LogP contribution in [0.15, 0.2) is 5.16 Å². The SMILES string of the molecule is CCN(CC(C)C(N)=NO)C(=O)CC1CCCCO1. The summed E-state index contributed by atoms with van der Waals surface area (Å²) in [5, 5.41) is 11.6. The molecule has 19 heavy (non-hydrogen) atoms. The number of nitrogens with two attached hydrogens (primary N) is 1. The monoisotopic (exact) mass is 271 g/mol. The predicted octanol–water partition coefficient (Wildman–Crippen LogP) is 1.18. The van der Waals surface area contributed by atoms with Gasteiger partial charge in [0.2, 0.25) is 5.91 Å². The first-order valence-corrected chi connectivity index (χ1v) is 6.95. The average Bonchev–Trinajstić information content (AvgIpc) is 2.44. The minimum absolute atomic E-state index is 0.0504. The molecule has 0 bridgehead atoms. The lowest BCUT2D eigenvalue weighted by Gasteiger charge is -2.28. The Kier molecular flexibility index (Phi) is 6.62. The van der Waals surface area contributed by atoms with Crippen LogP contribution in [-0.2, 0) is 9.53 Å². The lowest BCUT2D eigenvalue weighted by atomic mass is 10.0. The maximum atomic E-state index is 12.2. The minimum atomic E-state index is -0.152. The van der Waals surface area contributed by atoms with E-state index in [1.54, 1.807) is 4.90 Å². The van der Waals surface area contributed by atoms with Crippen LogP contribution in [0, 0.1) is 5.92 Å². The third-order valence-corrected chi connectivity index (χ3v) is 3.53. The highest BCUT2D eigenvalue weighted by Gasteiger charge is 2.22. The number of carbonyl (C=O) groups is 1. The lowest BCUT2D eigenvalue weighted by Crippen LogP contribution is -2.40. The molecule has 6 heteroatoms. The summed E-state index contributed by atoms with van der Waals surface area (Å²) in [5.41, 5.74) is 5.54. The Labute approximate surface area is 114 Å². The predicted molar refractivity (Wildman–Crippen MR) is 73.0 cm³/mol. The smallest absolute Gasteiger partial charge is 0.225 e. The Bertz CT molecular complexity index is 314. The van der Waals surface area contributed by atoms with Gasteiger partial charge < -0.3 is 20.6 Å². The zero-order valence-corrected chi connectivity index (χ0v) is 11.8. The largest absolute Gasteiger partial charge is 0.409 e. The molecule has 1 heterocycles. The second-order valence-electron chi connectivity index (χ2n) is 5.05. The summed E-state index contributed by atoms with van der Waals surface area (Å²) in [5.74, 6) is 0.0772. The summed E-state index contributed by atoms with van der Waals surface area (Å²) in [6.07, 6.45) is 3.65. The summed E-state index contributed by atoms with van der Waals surface area (Å²) in [6.45, 7) is 5.61. The molecule has 0 spiro atoms. The Morgan fingerprint density at radius 3 is 2.84 bits per heavy atom. The fourth-order valence-corrected chi connectivity index (χ4v) is 2.22. The average molecular weight is 271 g/mol. The molecular formula is C13H25N3O3. The topological polar surface area (TPSA) is 88.1 Å². The van der Waals surface area contributed by atoms with E-state index in [4.69, 9.17) is 15.7 Å². The molecule has 0 aromatic heterocycles. The zero-order chi connectivity index (χ0) is 14.3. The summed E-state index contributed by atoms with van der Waals surface area (Å²) in [4.78, 5) is 13.9. The molecule has 2 atom stereocenters. The van der Waals surface area contributed by atoms with Crippen LogP contribution < -0.4 is 5.73 Å². The molecule has 2 unspecified atom stereocenters. The quantitative estimate of drug-likeness (QED) is 0.328. The maximum absolute atomic E-state index is 12.2. The van der Waals surface area contributed by atoms with Crippen LogP contribution in [0.3, 0.4) is 0 Å². The van der Waals surface area contributed by atoms with Gasteiger partial charge in [0.1, 0.15) is 5.84 Å². The molecule has 1 aliphatic heterocycles. The van der Waals surface area contributed by atoms with Crippen LogP contribution in [0.4, 0.5) is 0 Å². The van der Waals surface area contributed by atoms with E-state index in [1.807, 2.05) is 13.8 Å². The van der Waals surface area contributed by atoms with Crippen molar-refractivity contribution >= 4 is 11.7 Å². The molecule has 0 aliphatic carbocycles. The first kappa shape index (κ1) is 15.8. The molecule has 110 valence electrons. The van der Waals surface area contributed by atoms with Crippen molar-refractivity contribution in [2.75, 3.05) is 19.7 Å². The van der Waals surface area contributed by atoms with Crippen molar-refractivity contribution < 1.29 is 14.7 Å². The Morgan fingerprint density at radius 2 is 2.32 bits per heavy atom. The van der Waals surface area contributed by atoms with Crippen LogP contribution >= 0.6 is 0 Å². The maximum Gasteiger partial charge on any atom is 0.225 e. The van der Waals surface area contributed by atoms with Gasteiger partial charge in [-0.2, -0.15) is 0 Å². The van der Waals surface area contributed by atoms with E-state index in [0.29, 0.717) is 19.5 Å². The number of rotatable bonds is 6. The van der Waals surface area contributed by atoms with Crippen molar-refractivity contribution in [1.29, 1.82) is 0 Å². The molecule has 0 aromatic carbocycles. The van der Waals surface area contributed by atoms with Gasteiger partial charge in [0.25, 0.3) is 0 Å². The van der Waals surface area contributed by atoms with Crippen LogP contribution in [0.2, 0.25) is 0 Å². The normalized spacial score (nSPS) is 22.0. The van der Waals surface area contributed by atoms with Crippen molar-refractivity contribution in [2.24, 2.45) is 16.8 Å². The van der Waals surface area contributed by atoms with Gasteiger partial charge in [0.05, 0.1) is 12.5 Å². The summed E-state index contributed by atoms with van der Waals surface area (Å²) in [6, 6.07) is 0. The van der Waals surface area contributed by atoms with E-state index in [0.717, 1.165) is 25.9 Å². The number of nitrogens with zero attached hydrogens (tertiary/aromatic N) is 2. The minimum Gasteiger partial charge on any atom is -0.409 e. The van der Waals surface area contributed by atoms with Gasteiger partial charge in [-0.05, 0) is 26.2 Å². The van der Waals surface area contributed by atoms with Crippen molar-refractivity contribution in [1.82, 2.24) is 4.90 Å². The third kappa shape index (κ3) is 5.06. The molecule has 1 rings (SSSR count). The van der Waals surface area contributed by atoms with E-state index in [1.165, 1.54) is 0 Å². The number of amides is 1. The molecule has 0 aromatic rings. The fourth-order valence-electron chi connectivity index (χ4n) is 2.22. The summed E-state index contributed by atoms with van der Waals surface area (Å²) < 4.78 is 5.58. The first-order chi connectivity index (χ1) is 9.08. The second kappa shape index (κ2) is 7.99. The van der Waals surface area contributed by atoms with Crippen molar-refractivity contribution in [3.8, 4) is 0 Å². The standard InChI is InChI=1S/C13H25N3O3/c1-3-16(9-10(2)13(14)15-18)12(17)8-11-6-4-5-7-19-11/h10-11,18H,3-9H2,1-2H3,(H2,14,15). The summed E-state index contributed by atoms with van der Waals surface area (Å²) >= 11 is 0. The van der Waals surface area contributed by atoms with E-state index < -0.39 is 0 Å².